The van der Waals surface area contributed by atoms with Crippen LogP contribution in [0.4, 0.5) is 8.78 Å². The highest BCUT2D eigenvalue weighted by Gasteiger charge is 2.18. The Morgan fingerprint density at radius 1 is 1.19 bits per heavy atom. The summed E-state index contributed by atoms with van der Waals surface area (Å²) >= 11 is 0.888. The molecule has 0 amide bonds. The molecule has 0 fully saturated rings. The number of fused-ring (bicyclic) bond motifs is 1. The van der Waals surface area contributed by atoms with Crippen LogP contribution in [0.5, 0.6) is 5.75 Å². The first-order valence-corrected chi connectivity index (χ1v) is 6.68. The topological polar surface area (TPSA) is 52.1 Å². The molecular weight excluding hydrogens is 298 g/mol. The van der Waals surface area contributed by atoms with Crippen molar-refractivity contribution in [1.82, 2.24) is 8.75 Å². The number of aromatic nitrogens is 2. The molecule has 0 bridgehead atoms. The van der Waals surface area contributed by atoms with Gasteiger partial charge in [-0.05, 0) is 17.7 Å². The van der Waals surface area contributed by atoms with E-state index in [4.69, 9.17) is 4.74 Å². The minimum absolute atomic E-state index is 0.0492. The third kappa shape index (κ3) is 2.47. The lowest BCUT2D eigenvalue weighted by Gasteiger charge is -2.06. The van der Waals surface area contributed by atoms with Crippen molar-refractivity contribution in [3.8, 4) is 16.9 Å². The minimum atomic E-state index is -0.978. The summed E-state index contributed by atoms with van der Waals surface area (Å²) < 4.78 is 40.5. The quantitative estimate of drug-likeness (QED) is 0.536. The molecule has 0 saturated carbocycles. The molecule has 0 unspecified atom stereocenters. The molecule has 4 nitrogen and oxygen atoms in total. The zero-order chi connectivity index (χ0) is 15.0. The summed E-state index contributed by atoms with van der Waals surface area (Å²) in [5, 5.41) is 0. The molecule has 1 aromatic heterocycles. The van der Waals surface area contributed by atoms with E-state index in [1.165, 1.54) is 31.2 Å². The average molecular weight is 306 g/mol. The monoisotopic (exact) mass is 306 g/mol. The van der Waals surface area contributed by atoms with Gasteiger partial charge in [-0.15, -0.1) is 0 Å². The summed E-state index contributed by atoms with van der Waals surface area (Å²) in [7, 11) is 0. The predicted molar refractivity (Wildman–Crippen MR) is 74.1 cm³/mol. The van der Waals surface area contributed by atoms with Crippen molar-refractivity contribution in [2.24, 2.45) is 0 Å². The smallest absolute Gasteiger partial charge is 0.308 e. The second kappa shape index (κ2) is 5.17. The Bertz CT molecular complexity index is 831. The first-order chi connectivity index (χ1) is 10.1. The molecule has 1 heterocycles. The van der Waals surface area contributed by atoms with Gasteiger partial charge in [-0.3, -0.25) is 4.79 Å². The van der Waals surface area contributed by atoms with Crippen molar-refractivity contribution in [3.63, 3.8) is 0 Å². The fourth-order valence-electron chi connectivity index (χ4n) is 1.99. The Morgan fingerprint density at radius 2 is 1.90 bits per heavy atom. The molecule has 2 aromatic carbocycles. The number of hydrogen-bond acceptors (Lipinski definition) is 5. The van der Waals surface area contributed by atoms with Crippen LogP contribution in [0.2, 0.25) is 0 Å². The number of carbonyl (C=O) groups excluding carboxylic acids is 1. The highest BCUT2D eigenvalue weighted by Crippen LogP contribution is 2.32. The summed E-state index contributed by atoms with van der Waals surface area (Å²) in [6.45, 7) is 1.28. The summed E-state index contributed by atoms with van der Waals surface area (Å²) in [5.74, 6) is -2.08. The van der Waals surface area contributed by atoms with E-state index in [2.05, 4.69) is 8.75 Å². The third-order valence-electron chi connectivity index (χ3n) is 2.85. The number of hydrogen-bond donors (Lipinski definition) is 0. The van der Waals surface area contributed by atoms with Crippen LogP contribution in [0.1, 0.15) is 6.92 Å². The van der Waals surface area contributed by atoms with Crippen molar-refractivity contribution in [3.05, 3.63) is 42.0 Å². The Kier molecular flexibility index (Phi) is 3.34. The van der Waals surface area contributed by atoms with Crippen molar-refractivity contribution >= 4 is 28.7 Å². The Morgan fingerprint density at radius 3 is 2.57 bits per heavy atom. The van der Waals surface area contributed by atoms with Gasteiger partial charge in [0.05, 0.1) is 11.7 Å². The van der Waals surface area contributed by atoms with Crippen LogP contribution in [-0.2, 0) is 4.79 Å². The Hall–Kier alpha value is -2.41. The average Bonchev–Trinajstić information content (AvgIpc) is 2.88. The molecule has 0 saturated heterocycles. The number of nitrogens with zero attached hydrogens (tertiary/aromatic N) is 2. The normalized spacial score (nSPS) is 10.8. The van der Waals surface area contributed by atoms with E-state index in [-0.39, 0.29) is 5.56 Å². The van der Waals surface area contributed by atoms with Crippen LogP contribution in [-0.4, -0.2) is 14.7 Å². The van der Waals surface area contributed by atoms with Crippen molar-refractivity contribution in [1.29, 1.82) is 0 Å². The molecule has 106 valence electrons. The molecule has 0 aliphatic rings. The van der Waals surface area contributed by atoms with E-state index in [9.17, 15) is 13.6 Å². The number of esters is 1. The standard InChI is InChI=1S/C14H8F2N2O2S/c1-7(19)20-9-4-2-8(3-5-9)12-13(16)10(15)6-11-14(12)18-21-17-11/h2-6H,1H3. The predicted octanol–water partition coefficient (Wildman–Crippen LogP) is 3.56. The maximum absolute atomic E-state index is 14.1. The van der Waals surface area contributed by atoms with Gasteiger partial charge in [-0.1, -0.05) is 12.1 Å². The van der Waals surface area contributed by atoms with Crippen LogP contribution in [0.15, 0.2) is 30.3 Å². The maximum Gasteiger partial charge on any atom is 0.308 e. The fraction of sp³-hybridized carbons (Fsp3) is 0.0714. The van der Waals surface area contributed by atoms with Crippen molar-refractivity contribution < 1.29 is 18.3 Å². The second-order valence-electron chi connectivity index (χ2n) is 4.30. The summed E-state index contributed by atoms with van der Waals surface area (Å²) in [6, 6.07) is 7.11. The molecule has 0 N–H and O–H groups in total. The van der Waals surface area contributed by atoms with Crippen LogP contribution in [0.3, 0.4) is 0 Å². The molecule has 21 heavy (non-hydrogen) atoms. The highest BCUT2D eigenvalue weighted by atomic mass is 32.1. The molecule has 0 aliphatic heterocycles. The van der Waals surface area contributed by atoms with Crippen molar-refractivity contribution in [2.45, 2.75) is 6.92 Å². The zero-order valence-corrected chi connectivity index (χ0v) is 11.6. The fourth-order valence-corrected chi connectivity index (χ4v) is 2.52. The SMILES string of the molecule is CC(=O)Oc1ccc(-c2c(F)c(F)cc3nsnc23)cc1. The first kappa shape index (κ1) is 13.6. The number of carbonyl (C=O) groups is 1. The van der Waals surface area contributed by atoms with Crippen LogP contribution in [0.25, 0.3) is 22.2 Å². The molecule has 0 atom stereocenters. The van der Waals surface area contributed by atoms with Gasteiger partial charge in [-0.25, -0.2) is 8.78 Å². The number of ether oxygens (including phenoxy) is 1. The van der Waals surface area contributed by atoms with Crippen LogP contribution in [0, 0.1) is 11.6 Å². The van der Waals surface area contributed by atoms with Crippen LogP contribution >= 0.6 is 11.7 Å². The molecular formula is C14H8F2N2O2S. The molecule has 0 radical (unpaired) electrons. The molecule has 7 heteroatoms. The number of halogens is 2. The van der Waals surface area contributed by atoms with E-state index in [1.807, 2.05) is 0 Å². The number of rotatable bonds is 2. The lowest BCUT2D eigenvalue weighted by atomic mass is 10.0. The van der Waals surface area contributed by atoms with Gasteiger partial charge in [0.15, 0.2) is 11.6 Å². The van der Waals surface area contributed by atoms with Gasteiger partial charge in [-0.2, -0.15) is 8.75 Å². The molecule has 3 rings (SSSR count). The highest BCUT2D eigenvalue weighted by molar-refractivity contribution is 7.00. The maximum atomic E-state index is 14.1. The summed E-state index contributed by atoms with van der Waals surface area (Å²) in [5.41, 5.74) is 1.09. The summed E-state index contributed by atoms with van der Waals surface area (Å²) in [6.07, 6.45) is 0. The Balaban J connectivity index is 2.13. The second-order valence-corrected chi connectivity index (χ2v) is 4.83. The van der Waals surface area contributed by atoms with E-state index < -0.39 is 17.6 Å². The van der Waals surface area contributed by atoms with E-state index in [0.717, 1.165) is 17.8 Å². The molecule has 0 spiro atoms. The summed E-state index contributed by atoms with van der Waals surface area (Å²) in [4.78, 5) is 10.9. The van der Waals surface area contributed by atoms with Gasteiger partial charge in [0.2, 0.25) is 0 Å². The Labute approximate surface area is 122 Å². The largest absolute Gasteiger partial charge is 0.427 e. The lowest BCUT2D eigenvalue weighted by molar-refractivity contribution is -0.131. The van der Waals surface area contributed by atoms with E-state index in [1.54, 1.807) is 0 Å². The van der Waals surface area contributed by atoms with Gasteiger partial charge in [0.1, 0.15) is 16.8 Å². The third-order valence-corrected chi connectivity index (χ3v) is 3.39. The van der Waals surface area contributed by atoms with Gasteiger partial charge >= 0.3 is 5.97 Å². The van der Waals surface area contributed by atoms with Gasteiger partial charge in [0.25, 0.3) is 0 Å². The van der Waals surface area contributed by atoms with E-state index in [0.29, 0.717) is 22.3 Å². The van der Waals surface area contributed by atoms with Crippen LogP contribution < -0.4 is 4.74 Å². The zero-order valence-electron chi connectivity index (χ0n) is 10.8. The van der Waals surface area contributed by atoms with Gasteiger partial charge in [0, 0.05) is 18.6 Å². The molecule has 3 aromatic rings. The lowest BCUT2D eigenvalue weighted by Crippen LogP contribution is -2.01. The number of benzene rings is 2. The minimum Gasteiger partial charge on any atom is -0.427 e. The van der Waals surface area contributed by atoms with E-state index >= 15 is 0 Å². The first-order valence-electron chi connectivity index (χ1n) is 5.95. The molecule has 0 aliphatic carbocycles. The van der Waals surface area contributed by atoms with Gasteiger partial charge < -0.3 is 4.74 Å². The van der Waals surface area contributed by atoms with Crippen molar-refractivity contribution in [2.75, 3.05) is 0 Å².